The minimum atomic E-state index is -2.17. The molecule has 0 bridgehead atoms. The van der Waals surface area contributed by atoms with E-state index in [1.165, 1.54) is 6.92 Å². The standard InChI is InChI=1S/C8H9N3S2/c1-6(12-2)11-8(13-3)7(4-9)5-10/h1-3H3/b11-6+/i2T3. The third kappa shape index (κ3) is 4.02. The Bertz CT molecular complexity index is 382. The van der Waals surface area contributed by atoms with Gasteiger partial charge in [-0.3, -0.25) is 0 Å². The zero-order chi connectivity index (χ0) is 12.8. The lowest BCUT2D eigenvalue weighted by Gasteiger charge is -1.97. The molecule has 0 N–H and O–H groups in total. The third-order valence-corrected chi connectivity index (χ3v) is 2.11. The van der Waals surface area contributed by atoms with E-state index in [1.54, 1.807) is 18.4 Å². The van der Waals surface area contributed by atoms with Gasteiger partial charge in [0.25, 0.3) is 0 Å². The van der Waals surface area contributed by atoms with Crippen LogP contribution >= 0.6 is 23.5 Å². The molecule has 0 unspecified atom stereocenters. The van der Waals surface area contributed by atoms with Crippen molar-refractivity contribution in [2.45, 2.75) is 6.92 Å². The van der Waals surface area contributed by atoms with Gasteiger partial charge >= 0.3 is 0 Å². The Morgan fingerprint density at radius 3 is 2.38 bits per heavy atom. The highest BCUT2D eigenvalue weighted by Crippen LogP contribution is 2.19. The van der Waals surface area contributed by atoms with Gasteiger partial charge in [0, 0.05) is 4.11 Å². The molecule has 3 nitrogen and oxygen atoms in total. The number of nitriles is 2. The monoisotopic (exact) mass is 217 g/mol. The number of thioether (sulfide) groups is 2. The van der Waals surface area contributed by atoms with E-state index in [9.17, 15) is 0 Å². The molecule has 0 radical (unpaired) electrons. The van der Waals surface area contributed by atoms with Gasteiger partial charge in [0.15, 0.2) is 5.57 Å². The van der Waals surface area contributed by atoms with Crippen LogP contribution < -0.4 is 0 Å². The van der Waals surface area contributed by atoms with E-state index in [1.807, 2.05) is 0 Å². The van der Waals surface area contributed by atoms with Crippen LogP contribution in [0.1, 0.15) is 11.0 Å². The minimum Gasteiger partial charge on any atom is -0.238 e. The number of allylic oxidation sites excluding steroid dienone is 1. The largest absolute Gasteiger partial charge is 0.238 e. The van der Waals surface area contributed by atoms with Crippen molar-refractivity contribution < 1.29 is 4.11 Å². The number of nitrogens with zero attached hydrogens (tertiary/aromatic N) is 3. The van der Waals surface area contributed by atoms with E-state index in [0.717, 1.165) is 11.8 Å². The van der Waals surface area contributed by atoms with Gasteiger partial charge in [-0.05, 0) is 19.4 Å². The molecule has 0 aromatic heterocycles. The van der Waals surface area contributed by atoms with Crippen LogP contribution in [0.4, 0.5) is 0 Å². The van der Waals surface area contributed by atoms with Gasteiger partial charge in [-0.25, -0.2) is 4.99 Å². The van der Waals surface area contributed by atoms with E-state index < -0.39 is 6.18 Å². The van der Waals surface area contributed by atoms with Crippen molar-refractivity contribution in [3.05, 3.63) is 10.6 Å². The zero-order valence-corrected chi connectivity index (χ0v) is 8.79. The summed E-state index contributed by atoms with van der Waals surface area (Å²) in [7, 11) is 0. The van der Waals surface area contributed by atoms with Crippen molar-refractivity contribution in [2.24, 2.45) is 4.99 Å². The Balaban J connectivity index is 5.08. The Morgan fingerprint density at radius 1 is 1.38 bits per heavy atom. The van der Waals surface area contributed by atoms with Crippen LogP contribution in [0.3, 0.4) is 0 Å². The maximum Gasteiger partial charge on any atom is 0.161 e. The fraction of sp³-hybridized carbons (Fsp3) is 0.375. The first kappa shape index (κ1) is 7.49. The van der Waals surface area contributed by atoms with Gasteiger partial charge in [-0.2, -0.15) is 10.5 Å². The topological polar surface area (TPSA) is 59.9 Å². The maximum absolute atomic E-state index is 8.64. The van der Waals surface area contributed by atoms with Crippen molar-refractivity contribution in [3.63, 3.8) is 0 Å². The van der Waals surface area contributed by atoms with Gasteiger partial charge in [-0.1, -0.05) is 0 Å². The first-order chi connectivity index (χ1) is 7.34. The minimum absolute atomic E-state index is 0.113. The number of hydrogen-bond acceptors (Lipinski definition) is 5. The average Bonchev–Trinajstić information content (AvgIpc) is 2.15. The molecule has 0 spiro atoms. The Hall–Kier alpha value is -0.910. The second-order valence-electron chi connectivity index (χ2n) is 1.84. The average molecular weight is 217 g/mol. The highest BCUT2D eigenvalue weighted by molar-refractivity contribution is 8.13. The SMILES string of the molecule is [3H]C([3H])([3H])S/C(C)=N/C(SC)=C(C#N)C#N. The van der Waals surface area contributed by atoms with Crippen LogP contribution in [0.25, 0.3) is 0 Å². The Labute approximate surface area is 90.7 Å². The molecular weight excluding hydrogens is 202 g/mol. The molecule has 68 valence electrons. The molecule has 0 aromatic rings. The molecule has 0 rings (SSSR count). The van der Waals surface area contributed by atoms with Crippen LogP contribution in [0.5, 0.6) is 0 Å². The molecule has 0 saturated carbocycles. The van der Waals surface area contributed by atoms with E-state index >= 15 is 0 Å². The first-order valence-electron chi connectivity index (χ1n) is 4.67. The van der Waals surface area contributed by atoms with Gasteiger partial charge in [-0.15, -0.1) is 23.5 Å². The van der Waals surface area contributed by atoms with Crippen molar-refractivity contribution >= 4 is 28.6 Å². The summed E-state index contributed by atoms with van der Waals surface area (Å²) >= 11 is 1.75. The second kappa shape index (κ2) is 6.59. The second-order valence-corrected chi connectivity index (χ2v) is 3.43. The summed E-state index contributed by atoms with van der Waals surface area (Å²) in [6, 6.07) is 3.42. The lowest BCUT2D eigenvalue weighted by Crippen LogP contribution is -1.86. The molecule has 0 heterocycles. The Morgan fingerprint density at radius 2 is 2.00 bits per heavy atom. The lowest BCUT2D eigenvalue weighted by molar-refractivity contribution is 1.41. The molecule has 0 saturated heterocycles. The summed E-state index contributed by atoms with van der Waals surface area (Å²) < 4.78 is 21.1. The van der Waals surface area contributed by atoms with Crippen molar-refractivity contribution in [1.82, 2.24) is 0 Å². The van der Waals surface area contributed by atoms with E-state index in [-0.39, 0.29) is 10.6 Å². The summed E-state index contributed by atoms with van der Waals surface area (Å²) in [4.78, 5) is 3.94. The third-order valence-electron chi connectivity index (χ3n) is 1.04. The summed E-state index contributed by atoms with van der Waals surface area (Å²) in [6.45, 7) is 1.53. The van der Waals surface area contributed by atoms with Crippen molar-refractivity contribution in [2.75, 3.05) is 12.4 Å². The number of hydrogen-bond donors (Lipinski definition) is 0. The zero-order valence-electron chi connectivity index (χ0n) is 10.2. The van der Waals surface area contributed by atoms with Crippen molar-refractivity contribution in [3.8, 4) is 12.1 Å². The molecule has 0 aliphatic heterocycles. The molecule has 0 fully saturated rings. The van der Waals surface area contributed by atoms with E-state index in [0.29, 0.717) is 16.8 Å². The summed E-state index contributed by atoms with van der Waals surface area (Å²) in [5, 5.41) is 17.8. The van der Waals surface area contributed by atoms with Crippen molar-refractivity contribution in [1.29, 1.82) is 10.5 Å². The summed E-state index contributed by atoms with van der Waals surface area (Å²) in [5.74, 6) is 0. The summed E-state index contributed by atoms with van der Waals surface area (Å²) in [6.07, 6.45) is -0.503. The molecule has 0 amide bonds. The number of rotatable bonds is 2. The Kier molecular flexibility index (Phi) is 3.80. The summed E-state index contributed by atoms with van der Waals surface area (Å²) in [5.41, 5.74) is -0.113. The normalized spacial score (nSPS) is 14.5. The van der Waals surface area contributed by atoms with Crippen LogP contribution in [0, 0.1) is 22.7 Å². The van der Waals surface area contributed by atoms with Gasteiger partial charge in [0.05, 0.1) is 5.04 Å². The molecular formula is C8H9N3S2. The fourth-order valence-electron chi connectivity index (χ4n) is 0.490. The quantitative estimate of drug-likeness (QED) is 0.405. The maximum atomic E-state index is 8.64. The van der Waals surface area contributed by atoms with E-state index in [2.05, 4.69) is 4.99 Å². The van der Waals surface area contributed by atoms with Crippen LogP contribution in [-0.4, -0.2) is 17.5 Å². The molecule has 5 heteroatoms. The van der Waals surface area contributed by atoms with Gasteiger partial charge in [0.2, 0.25) is 0 Å². The fourth-order valence-corrected chi connectivity index (χ4v) is 1.21. The highest BCUT2D eigenvalue weighted by atomic mass is 32.2. The lowest BCUT2D eigenvalue weighted by atomic mass is 10.4. The smallest absolute Gasteiger partial charge is 0.161 e. The molecule has 0 aliphatic rings. The molecule has 0 aliphatic carbocycles. The predicted molar refractivity (Wildman–Crippen MR) is 58.4 cm³/mol. The van der Waals surface area contributed by atoms with E-state index in [4.69, 9.17) is 14.6 Å². The van der Waals surface area contributed by atoms with Crippen LogP contribution in [-0.2, 0) is 0 Å². The number of aliphatic imine (C=N–C) groups is 1. The van der Waals surface area contributed by atoms with Crippen LogP contribution in [0.2, 0.25) is 0 Å². The first-order valence-corrected chi connectivity index (χ1v) is 5.21. The highest BCUT2D eigenvalue weighted by Gasteiger charge is 2.03. The van der Waals surface area contributed by atoms with Gasteiger partial charge < -0.3 is 0 Å². The molecule has 0 atom stereocenters. The molecule has 0 aromatic carbocycles. The predicted octanol–water partition coefficient (Wildman–Crippen LogP) is 2.39. The van der Waals surface area contributed by atoms with Crippen LogP contribution in [0.15, 0.2) is 15.6 Å². The molecule has 13 heavy (non-hydrogen) atoms. The van der Waals surface area contributed by atoms with Gasteiger partial charge in [0.1, 0.15) is 17.2 Å².